The Bertz CT molecular complexity index is 57.0. The van der Waals surface area contributed by atoms with Crippen LogP contribution in [0.1, 0.15) is 0 Å². The van der Waals surface area contributed by atoms with Gasteiger partial charge in [-0.25, -0.2) is 31.6 Å². The van der Waals surface area contributed by atoms with E-state index in [1.54, 1.807) is 0 Å². The fourth-order valence-electron chi connectivity index (χ4n) is 0.0745. The highest BCUT2D eigenvalue weighted by Crippen LogP contribution is 2.31. The van der Waals surface area contributed by atoms with E-state index in [0.717, 1.165) is 0 Å². The summed E-state index contributed by atoms with van der Waals surface area (Å²) in [6.07, 6.45) is 0. The molecule has 6 N–H and O–H groups in total. The molecule has 0 heterocycles. The van der Waals surface area contributed by atoms with E-state index in [4.69, 9.17) is 0 Å². The molecule has 0 fully saturated rings. The quantitative estimate of drug-likeness (QED) is 0.334. The van der Waals surface area contributed by atoms with Gasteiger partial charge < -0.3 is 0 Å². The molecule has 0 aliphatic heterocycles. The first-order valence-corrected chi connectivity index (χ1v) is 3.35. The molecule has 0 amide bonds. The van der Waals surface area contributed by atoms with Crippen LogP contribution in [0.2, 0.25) is 0 Å². The van der Waals surface area contributed by atoms with Gasteiger partial charge >= 0.3 is 8.60 Å². The van der Waals surface area contributed by atoms with Crippen molar-refractivity contribution in [2.45, 2.75) is 0 Å². The Morgan fingerprint density at radius 3 is 0.909 bits per heavy atom. The van der Waals surface area contributed by atoms with Crippen LogP contribution < -0.4 is 17.7 Å². The summed E-state index contributed by atoms with van der Waals surface area (Å²) < 4.78 is 11.8. The second kappa shape index (κ2) is 22.6. The second-order valence-electron chi connectivity index (χ2n) is 0.540. The highest BCUT2D eigenvalue weighted by Gasteiger charge is 2.04. The number of hydrogen-bond acceptors (Lipinski definition) is 6. The lowest BCUT2D eigenvalue weighted by Crippen LogP contribution is -2.06. The summed E-state index contributed by atoms with van der Waals surface area (Å²) in [5.74, 6) is 13.5. The average molecular weight is 183 g/mol. The van der Waals surface area contributed by atoms with Gasteiger partial charge in [-0.15, -0.1) is 26.3 Å². The summed E-state index contributed by atoms with van der Waals surface area (Å²) in [7, 11) is -1.72. The van der Waals surface area contributed by atoms with Crippen molar-refractivity contribution in [2.75, 3.05) is 0 Å². The Morgan fingerprint density at radius 1 is 0.727 bits per heavy atom. The molecule has 0 spiro atoms. The Kier molecular flexibility index (Phi) is 34.9. The zero-order valence-electron chi connectivity index (χ0n) is 6.23. The van der Waals surface area contributed by atoms with Gasteiger partial charge in [0.05, 0.1) is 0 Å². The predicted octanol–water partition coefficient (Wildman–Crippen LogP) is 0.489. The second-order valence-corrected chi connectivity index (χ2v) is 1.62. The standard InChI is InChI=1S/2C2H4.H6N3O3P/c2*1-2;1-4-7(5-2)6-3/h2*1-2H2;1-3H2. The molecule has 0 rings (SSSR count). The largest absolute Gasteiger partial charge is 0.386 e. The fraction of sp³-hybridized carbons (Fsp3) is 0. The van der Waals surface area contributed by atoms with Gasteiger partial charge in [-0.05, 0) is 0 Å². The Labute approximate surface area is 67.4 Å². The van der Waals surface area contributed by atoms with Crippen molar-refractivity contribution in [3.8, 4) is 0 Å². The zero-order chi connectivity index (χ0) is 9.70. The molecule has 0 aromatic carbocycles. The first-order valence-electron chi connectivity index (χ1n) is 2.25. The molecular weight excluding hydrogens is 169 g/mol. The SMILES string of the molecule is C=C.C=C.NOP(ON)ON. The lowest BCUT2D eigenvalue weighted by Gasteiger charge is -2.02. The summed E-state index contributed by atoms with van der Waals surface area (Å²) in [5.41, 5.74) is 0. The molecule has 0 aromatic rings. The molecule has 0 radical (unpaired) electrons. The molecule has 0 aromatic heterocycles. The predicted molar refractivity (Wildman–Crippen MR) is 45.2 cm³/mol. The van der Waals surface area contributed by atoms with Crippen LogP contribution in [0.25, 0.3) is 0 Å². The molecule has 0 saturated heterocycles. The van der Waals surface area contributed by atoms with Gasteiger partial charge in [0, 0.05) is 0 Å². The van der Waals surface area contributed by atoms with Gasteiger partial charge in [0.1, 0.15) is 0 Å². The monoisotopic (exact) mass is 183 g/mol. The minimum absolute atomic E-state index is 1.72. The third-order valence-corrected chi connectivity index (χ3v) is 0.775. The molecule has 0 unspecified atom stereocenters. The van der Waals surface area contributed by atoms with Crippen molar-refractivity contribution >= 4 is 8.60 Å². The van der Waals surface area contributed by atoms with Crippen LogP contribution in [0.4, 0.5) is 0 Å². The van der Waals surface area contributed by atoms with Gasteiger partial charge in [-0.3, -0.25) is 0 Å². The first-order chi connectivity index (χ1) is 5.35. The third-order valence-electron chi connectivity index (χ3n) is 0.258. The smallest absolute Gasteiger partial charge is 0.225 e. The zero-order valence-corrected chi connectivity index (χ0v) is 7.13. The van der Waals surface area contributed by atoms with Crippen molar-refractivity contribution in [3.05, 3.63) is 26.3 Å². The molecule has 68 valence electrons. The van der Waals surface area contributed by atoms with Crippen molar-refractivity contribution in [2.24, 2.45) is 17.7 Å². The molecule has 0 aliphatic carbocycles. The van der Waals surface area contributed by atoms with Gasteiger partial charge in [0.2, 0.25) is 0 Å². The van der Waals surface area contributed by atoms with Crippen LogP contribution in [0.3, 0.4) is 0 Å². The van der Waals surface area contributed by atoms with Crippen LogP contribution in [0, 0.1) is 0 Å². The summed E-state index contributed by atoms with van der Waals surface area (Å²) in [6.45, 7) is 12.0. The highest BCUT2D eigenvalue weighted by molar-refractivity contribution is 7.41. The minimum atomic E-state index is -1.72. The van der Waals surface area contributed by atoms with Gasteiger partial charge in [-0.1, -0.05) is 0 Å². The molecule has 7 heteroatoms. The molecule has 0 saturated carbocycles. The maximum absolute atomic E-state index is 4.51. The highest BCUT2D eigenvalue weighted by atomic mass is 31.2. The third kappa shape index (κ3) is 17.7. The van der Waals surface area contributed by atoms with Gasteiger partial charge in [-0.2, -0.15) is 0 Å². The van der Waals surface area contributed by atoms with E-state index < -0.39 is 8.60 Å². The Morgan fingerprint density at radius 2 is 0.909 bits per heavy atom. The van der Waals surface area contributed by atoms with Gasteiger partial charge in [0.15, 0.2) is 0 Å². The van der Waals surface area contributed by atoms with E-state index in [2.05, 4.69) is 57.9 Å². The summed E-state index contributed by atoms with van der Waals surface area (Å²) in [4.78, 5) is 0. The maximum atomic E-state index is 4.51. The summed E-state index contributed by atoms with van der Waals surface area (Å²) in [6, 6.07) is 0. The van der Waals surface area contributed by atoms with Crippen molar-refractivity contribution in [1.82, 2.24) is 0 Å². The van der Waals surface area contributed by atoms with E-state index in [1.807, 2.05) is 0 Å². The molecular formula is C4H14N3O3P. The van der Waals surface area contributed by atoms with E-state index in [9.17, 15) is 0 Å². The van der Waals surface area contributed by atoms with E-state index in [-0.39, 0.29) is 0 Å². The Balaban J connectivity index is -0.000000138. The molecule has 0 aliphatic rings. The fourth-order valence-corrected chi connectivity index (χ4v) is 0.224. The molecule has 6 nitrogen and oxygen atoms in total. The number of hydrogen-bond donors (Lipinski definition) is 3. The Hall–Kier alpha value is -0.330. The van der Waals surface area contributed by atoms with Crippen LogP contribution in [-0.2, 0) is 13.9 Å². The van der Waals surface area contributed by atoms with Crippen LogP contribution in [-0.4, -0.2) is 0 Å². The van der Waals surface area contributed by atoms with Crippen molar-refractivity contribution in [1.29, 1.82) is 0 Å². The van der Waals surface area contributed by atoms with E-state index in [1.165, 1.54) is 0 Å². The van der Waals surface area contributed by atoms with Crippen molar-refractivity contribution in [3.63, 3.8) is 0 Å². The average Bonchev–Trinajstić information content (AvgIpc) is 2.14. The summed E-state index contributed by atoms with van der Waals surface area (Å²) >= 11 is 0. The summed E-state index contributed by atoms with van der Waals surface area (Å²) in [5, 5.41) is 0. The number of rotatable bonds is 3. The lowest BCUT2D eigenvalue weighted by atomic mass is 11.3. The van der Waals surface area contributed by atoms with Crippen molar-refractivity contribution < 1.29 is 13.9 Å². The van der Waals surface area contributed by atoms with E-state index in [0.29, 0.717) is 0 Å². The van der Waals surface area contributed by atoms with Crippen LogP contribution in [0.5, 0.6) is 0 Å². The van der Waals surface area contributed by atoms with Gasteiger partial charge in [0.25, 0.3) is 0 Å². The van der Waals surface area contributed by atoms with E-state index >= 15 is 0 Å². The number of nitrogens with two attached hydrogens (primary N) is 3. The molecule has 0 bridgehead atoms. The normalized spacial score (nSPS) is 7.27. The maximum Gasteiger partial charge on any atom is 0.386 e. The lowest BCUT2D eigenvalue weighted by molar-refractivity contribution is 0.165. The van der Waals surface area contributed by atoms with Crippen LogP contribution in [0.15, 0.2) is 26.3 Å². The first kappa shape index (κ1) is 17.0. The van der Waals surface area contributed by atoms with Crippen LogP contribution >= 0.6 is 8.60 Å². The molecule has 0 atom stereocenters. The minimum Gasteiger partial charge on any atom is -0.225 e. The topological polar surface area (TPSA) is 106 Å². The molecule has 11 heavy (non-hydrogen) atoms.